The van der Waals surface area contributed by atoms with Gasteiger partial charge < -0.3 is 38.2 Å². The molecule has 4 aromatic carbocycles. The number of ether oxygens (including phenoxy) is 6. The molecule has 8 heterocycles. The zero-order valence-electron chi connectivity index (χ0n) is 58.2. The number of fused-ring (bicyclic) bond motifs is 12. The molecule has 16 rings (SSSR count). The van der Waals surface area contributed by atoms with E-state index in [4.69, 9.17) is 51.6 Å². The zero-order valence-corrected chi connectivity index (χ0v) is 61.3. The van der Waals surface area contributed by atoms with E-state index < -0.39 is 19.4 Å². The van der Waals surface area contributed by atoms with E-state index in [2.05, 4.69) is 78.9 Å². The van der Waals surface area contributed by atoms with E-state index in [1.54, 1.807) is 12.1 Å². The molecule has 12 aliphatic rings. The fourth-order valence-corrected chi connectivity index (χ4v) is 23.2. The van der Waals surface area contributed by atoms with Gasteiger partial charge in [0.05, 0.1) is 107 Å². The Morgan fingerprint density at radius 2 is 0.959 bits per heavy atom. The number of rotatable bonds is 0. The van der Waals surface area contributed by atoms with Gasteiger partial charge >= 0.3 is 0 Å². The lowest BCUT2D eigenvalue weighted by Gasteiger charge is -2.57. The van der Waals surface area contributed by atoms with Crippen LogP contribution in [0.4, 0.5) is 11.4 Å². The number of benzene rings is 4. The highest BCUT2D eigenvalue weighted by Gasteiger charge is 2.56. The highest BCUT2D eigenvalue weighted by molar-refractivity contribution is 7.99. The summed E-state index contributed by atoms with van der Waals surface area (Å²) in [4.78, 5) is 37.8. The smallest absolute Gasteiger partial charge is 0.262 e. The molecular formula is C78H104Cl2N6O10S2. The van der Waals surface area contributed by atoms with Crippen molar-refractivity contribution >= 4 is 77.5 Å². The van der Waals surface area contributed by atoms with Gasteiger partial charge in [0.2, 0.25) is 0 Å². The zero-order chi connectivity index (χ0) is 67.9. The van der Waals surface area contributed by atoms with Gasteiger partial charge in [0.15, 0.2) is 0 Å². The van der Waals surface area contributed by atoms with Gasteiger partial charge in [0.25, 0.3) is 11.8 Å². The molecule has 2 amide bonds. The van der Waals surface area contributed by atoms with Crippen molar-refractivity contribution in [2.45, 2.75) is 175 Å². The largest absolute Gasteiger partial charge is 0.490 e. The summed E-state index contributed by atoms with van der Waals surface area (Å²) in [7, 11) is -5.81. The van der Waals surface area contributed by atoms with Crippen LogP contribution in [0.1, 0.15) is 161 Å². The number of morpholine rings is 4. The molecule has 532 valence electrons. The Labute approximate surface area is 592 Å². The van der Waals surface area contributed by atoms with Gasteiger partial charge in [-0.1, -0.05) is 62.0 Å². The fourth-order valence-electron chi connectivity index (χ4n) is 19.8. The van der Waals surface area contributed by atoms with Crippen molar-refractivity contribution in [3.05, 3.63) is 116 Å². The van der Waals surface area contributed by atoms with Crippen molar-refractivity contribution in [3.63, 3.8) is 0 Å². The minimum absolute atomic E-state index is 0.132. The number of nitrogens with one attached hydrogen (secondary N) is 2. The van der Waals surface area contributed by atoms with Crippen molar-refractivity contribution in [3.8, 4) is 11.5 Å². The number of hydrogen-bond donors (Lipinski definition) is 2. The first kappa shape index (κ1) is 69.1. The van der Waals surface area contributed by atoms with E-state index in [-0.39, 0.29) is 56.2 Å². The fraction of sp³-hybridized carbons (Fsp3) is 0.641. The number of hydrogen-bond acceptors (Lipinski definition) is 14. The van der Waals surface area contributed by atoms with Gasteiger partial charge in [-0.2, -0.15) is 0 Å². The monoisotopic (exact) mass is 1420 g/mol. The molecule has 4 saturated heterocycles. The van der Waals surface area contributed by atoms with Crippen LogP contribution in [0.3, 0.4) is 0 Å². The molecule has 16 nitrogen and oxygen atoms in total. The Morgan fingerprint density at radius 1 is 0.520 bits per heavy atom. The van der Waals surface area contributed by atoms with E-state index >= 15 is 0 Å². The number of anilines is 2. The predicted molar refractivity (Wildman–Crippen MR) is 393 cm³/mol. The van der Waals surface area contributed by atoms with Gasteiger partial charge in [-0.3, -0.25) is 28.8 Å². The lowest BCUT2D eigenvalue weighted by atomic mass is 9.62. The molecule has 6 fully saturated rings. The molecule has 0 radical (unpaired) electrons. The summed E-state index contributed by atoms with van der Waals surface area (Å²) < 4.78 is 73.0. The molecule has 4 bridgehead atoms. The van der Waals surface area contributed by atoms with Gasteiger partial charge in [0, 0.05) is 94.9 Å². The standard InChI is InChI=1S/2C39H52ClN3O5S/c2*1-26-6-4-15-39(24-42-16-17-46-21-32(42)22-48-39)34-11-8-30(34)20-43-23-38(14-5-7-28-18-31(40)10-12-33(28)38)25-47-36-13-9-29(19-35(36)43)37(44)41-49(3,45)27(26)2/h2*9-10,12-13,18-19,26-27,30,32,34H,3-8,11,14-17,20-25H2,1-2H3,(H,41,44,45)/t26-,27+,30-,32-,34+,38-,39+,49?;26-,27+,30-,32-,34+,38-,39-,49?/m00/s1. The second kappa shape index (κ2) is 27.5. The Balaban J connectivity index is 0.000000160. The summed E-state index contributed by atoms with van der Waals surface area (Å²) in [5.74, 6) is 11.1. The Bertz CT molecular complexity index is 3650. The second-order valence-electron chi connectivity index (χ2n) is 32.1. The molecule has 8 aliphatic heterocycles. The lowest BCUT2D eigenvalue weighted by Crippen LogP contribution is -2.65. The van der Waals surface area contributed by atoms with Crippen molar-refractivity contribution in [1.29, 1.82) is 0 Å². The van der Waals surface area contributed by atoms with Gasteiger partial charge in [-0.05, 0) is 234 Å². The Hall–Kier alpha value is -4.60. The van der Waals surface area contributed by atoms with Crippen LogP contribution in [-0.4, -0.2) is 181 Å². The van der Waals surface area contributed by atoms with E-state index in [0.29, 0.717) is 73.3 Å². The van der Waals surface area contributed by atoms with E-state index in [0.717, 1.165) is 214 Å². The first-order chi connectivity index (χ1) is 47.1. The summed E-state index contributed by atoms with van der Waals surface area (Å²) in [6.45, 7) is 20.9. The maximum absolute atomic E-state index is 14.0. The highest BCUT2D eigenvalue weighted by Crippen LogP contribution is 2.54. The quantitative estimate of drug-likeness (QED) is 0.160. The lowest BCUT2D eigenvalue weighted by molar-refractivity contribution is -0.212. The highest BCUT2D eigenvalue weighted by atomic mass is 35.5. The normalized spacial score (nSPS) is 38.3. The maximum Gasteiger partial charge on any atom is 0.262 e. The molecular weight excluding hydrogens is 1320 g/mol. The molecule has 4 spiro atoms. The van der Waals surface area contributed by atoms with Crippen LogP contribution < -0.4 is 28.7 Å². The Kier molecular flexibility index (Phi) is 19.4. The second-order valence-corrected chi connectivity index (χ2v) is 37.7. The van der Waals surface area contributed by atoms with Crippen molar-refractivity contribution < 1.29 is 46.4 Å². The number of carbonyl (C=O) groups excluding carboxylic acids is 2. The van der Waals surface area contributed by atoms with Crippen molar-refractivity contribution in [2.24, 2.45) is 35.5 Å². The first-order valence-corrected chi connectivity index (χ1v) is 41.3. The van der Waals surface area contributed by atoms with Crippen molar-refractivity contribution in [2.75, 3.05) is 115 Å². The van der Waals surface area contributed by atoms with E-state index in [1.807, 2.05) is 50.2 Å². The molecule has 0 aromatic heterocycles. The first-order valence-electron chi connectivity index (χ1n) is 37.0. The molecule has 16 atom stereocenters. The SMILES string of the molecule is C=S1(=O)NC(=O)c2ccc3c(c2)N(C[C@@H]2CC[C@H]2[C@@]2(CCC[C@H](C)[C@H]1C)CN1CCOC[C@H]1CO2)C[C@@]1(CCCc2cc(Cl)ccc21)CO3.C=S1(=O)NC(=O)c2ccc3c(c2)N(C[C@@H]2CC[C@H]2[C@]2(CCC[C@H](C)[C@H]1C)CN1CCOC[C@H]1CO2)C[C@@]1(CCCc2cc(Cl)ccc21)CO3. The van der Waals surface area contributed by atoms with Gasteiger partial charge in [0.1, 0.15) is 11.5 Å². The van der Waals surface area contributed by atoms with Crippen LogP contribution in [-0.2, 0) is 62.0 Å². The number of amides is 2. The van der Waals surface area contributed by atoms with Crippen LogP contribution in [0.15, 0.2) is 72.8 Å². The summed E-state index contributed by atoms with van der Waals surface area (Å²) in [5.41, 5.74) is 7.27. The molecule has 4 aromatic rings. The van der Waals surface area contributed by atoms with Crippen LogP contribution in [0.25, 0.3) is 0 Å². The predicted octanol–water partition coefficient (Wildman–Crippen LogP) is 11.8. The van der Waals surface area contributed by atoms with Crippen LogP contribution >= 0.6 is 23.2 Å². The molecule has 2 N–H and O–H groups in total. The molecule has 2 unspecified atom stereocenters. The average Bonchev–Trinajstić information content (AvgIpc) is 1.50. The van der Waals surface area contributed by atoms with E-state index in [9.17, 15) is 18.0 Å². The minimum atomic E-state index is -2.90. The molecule has 20 heteroatoms. The van der Waals surface area contributed by atoms with E-state index in [1.165, 1.54) is 22.3 Å². The van der Waals surface area contributed by atoms with Crippen LogP contribution in [0.5, 0.6) is 11.5 Å². The summed E-state index contributed by atoms with van der Waals surface area (Å²) in [5, 5.41) is 1.01. The third-order valence-electron chi connectivity index (χ3n) is 26.3. The minimum Gasteiger partial charge on any atom is -0.490 e. The third-order valence-corrected chi connectivity index (χ3v) is 31.2. The molecule has 2 saturated carbocycles. The molecule has 4 aliphatic carbocycles. The topological polar surface area (TPSA) is 161 Å². The van der Waals surface area contributed by atoms with Crippen molar-refractivity contribution in [1.82, 2.24) is 19.2 Å². The number of halogens is 2. The number of nitrogens with zero attached hydrogens (tertiary/aromatic N) is 4. The van der Waals surface area contributed by atoms with Crippen LogP contribution in [0.2, 0.25) is 10.0 Å². The summed E-state index contributed by atoms with van der Waals surface area (Å²) in [6, 6.07) is 24.8. The molecule has 98 heavy (non-hydrogen) atoms. The average molecular weight is 1420 g/mol. The third kappa shape index (κ3) is 13.3. The number of aryl methyl sites for hydroxylation is 2. The maximum atomic E-state index is 14.0. The Morgan fingerprint density at radius 3 is 1.38 bits per heavy atom. The summed E-state index contributed by atoms with van der Waals surface area (Å²) >= 11 is 13.0. The van der Waals surface area contributed by atoms with Crippen LogP contribution in [0, 0.1) is 35.5 Å². The number of carbonyl (C=O) groups is 2. The van der Waals surface area contributed by atoms with Gasteiger partial charge in [-0.25, -0.2) is 8.42 Å². The van der Waals surface area contributed by atoms with Gasteiger partial charge in [-0.15, -0.1) is 0 Å². The summed E-state index contributed by atoms with van der Waals surface area (Å²) in [6.07, 6.45) is 16.6.